The van der Waals surface area contributed by atoms with Crippen molar-refractivity contribution in [1.82, 2.24) is 4.98 Å². The Morgan fingerprint density at radius 2 is 1.82 bits per heavy atom. The van der Waals surface area contributed by atoms with Gasteiger partial charge in [0.25, 0.3) is 0 Å². The number of rotatable bonds is 6. The van der Waals surface area contributed by atoms with Crippen molar-refractivity contribution in [3.05, 3.63) is 83.0 Å². The van der Waals surface area contributed by atoms with Crippen LogP contribution in [-0.2, 0) is 12.7 Å². The second-order valence-electron chi connectivity index (χ2n) is 7.75. The predicted octanol–water partition coefficient (Wildman–Crippen LogP) is 1.04. The molecule has 0 bridgehead atoms. The number of alkyl halides is 3. The van der Waals surface area contributed by atoms with Crippen LogP contribution in [0.15, 0.2) is 60.8 Å². The Labute approximate surface area is 237 Å². The van der Waals surface area contributed by atoms with E-state index in [1.54, 1.807) is 24.4 Å². The van der Waals surface area contributed by atoms with Gasteiger partial charge in [0, 0.05) is 18.8 Å². The number of nitrogens with zero attached hydrogens (tertiary/aromatic N) is 2. The minimum absolute atomic E-state index is 0. The summed E-state index contributed by atoms with van der Waals surface area (Å²) in [7, 11) is 0. The van der Waals surface area contributed by atoms with Gasteiger partial charge in [0.2, 0.25) is 0 Å². The normalized spacial score (nSPS) is 13.8. The molecule has 0 unspecified atom stereocenters. The Morgan fingerprint density at radius 3 is 2.44 bits per heavy atom. The number of carbonyl (C=O) groups is 1. The molecule has 1 N–H and O–H groups in total. The average Bonchev–Trinajstić information content (AvgIpc) is 2.79. The van der Waals surface area contributed by atoms with E-state index < -0.39 is 17.7 Å². The maximum absolute atomic E-state index is 12.9. The molecule has 0 saturated heterocycles. The summed E-state index contributed by atoms with van der Waals surface area (Å²) in [4.78, 5) is 17.4. The number of carboxylic acid groups (broad SMARTS) is 1. The molecular weight excluding hydrogens is 474 g/mol. The number of hydrogen-bond acceptors (Lipinski definition) is 6. The van der Waals surface area contributed by atoms with Gasteiger partial charge in [-0.1, -0.05) is 36.4 Å². The van der Waals surface area contributed by atoms with Gasteiger partial charge in [0.15, 0.2) is 5.82 Å². The van der Waals surface area contributed by atoms with Crippen molar-refractivity contribution in [2.45, 2.75) is 25.7 Å². The summed E-state index contributed by atoms with van der Waals surface area (Å²) in [5.74, 6) is -0.0437. The Bertz CT molecular complexity index is 1140. The first-order valence-electron chi connectivity index (χ1n) is 10.3. The zero-order valence-corrected chi connectivity index (χ0v) is 21.8. The summed E-state index contributed by atoms with van der Waals surface area (Å²) in [6.45, 7) is 3.29. The molecular formula is C24H21F3KN3O3. The number of ether oxygens (including phenoxy) is 1. The van der Waals surface area contributed by atoms with Crippen molar-refractivity contribution in [3.63, 3.8) is 0 Å². The van der Waals surface area contributed by atoms with E-state index in [-0.39, 0.29) is 63.0 Å². The standard InChI is InChI=1S/C24H22F3N3O3.K/c1-15(17-4-6-18(7-5-17)23(31)32)29-22-21-20(10-11-28-22)33-13-12-30(21)14-16-2-8-19(9-3-16)24(25,26)27;/h2-11,15H,12-14H2,1H3,(H,28,29)(H,31,32);/q;+1/p-1/t15-;/m0./s1. The van der Waals surface area contributed by atoms with Crippen LogP contribution in [0.25, 0.3) is 0 Å². The smallest absolute Gasteiger partial charge is 0.545 e. The number of hydrogen-bond donors (Lipinski definition) is 1. The number of carboxylic acids is 1. The van der Waals surface area contributed by atoms with Crippen LogP contribution in [0.5, 0.6) is 5.75 Å². The number of nitrogens with one attached hydrogen (secondary N) is 1. The van der Waals surface area contributed by atoms with E-state index in [4.69, 9.17) is 4.74 Å². The molecule has 0 aliphatic carbocycles. The number of halogens is 3. The Balaban J connectivity index is 0.00000324. The van der Waals surface area contributed by atoms with Crippen LogP contribution in [-0.4, -0.2) is 24.1 Å². The van der Waals surface area contributed by atoms with Gasteiger partial charge in [-0.2, -0.15) is 13.2 Å². The number of anilines is 2. The molecule has 0 radical (unpaired) electrons. The molecule has 1 aliphatic rings. The number of fused-ring (bicyclic) bond motifs is 1. The third-order valence-electron chi connectivity index (χ3n) is 5.48. The van der Waals surface area contributed by atoms with E-state index in [0.717, 1.165) is 28.9 Å². The maximum atomic E-state index is 12.9. The third-order valence-corrected chi connectivity index (χ3v) is 5.48. The van der Waals surface area contributed by atoms with Gasteiger partial charge in [0.05, 0.1) is 24.1 Å². The van der Waals surface area contributed by atoms with Crippen LogP contribution >= 0.6 is 0 Å². The second kappa shape index (κ2) is 11.1. The monoisotopic (exact) mass is 495 g/mol. The van der Waals surface area contributed by atoms with Crippen molar-refractivity contribution in [2.75, 3.05) is 23.4 Å². The molecule has 6 nitrogen and oxygen atoms in total. The zero-order valence-electron chi connectivity index (χ0n) is 18.7. The van der Waals surface area contributed by atoms with E-state index in [2.05, 4.69) is 10.3 Å². The minimum Gasteiger partial charge on any atom is -0.545 e. The minimum atomic E-state index is -4.37. The Kier molecular flexibility index (Phi) is 8.64. The van der Waals surface area contributed by atoms with Crippen LogP contribution in [0.2, 0.25) is 0 Å². The Morgan fingerprint density at radius 1 is 1.15 bits per heavy atom. The zero-order chi connectivity index (χ0) is 23.6. The molecule has 2 aromatic carbocycles. The van der Waals surface area contributed by atoms with Crippen LogP contribution < -0.4 is 71.4 Å². The van der Waals surface area contributed by atoms with E-state index in [1.807, 2.05) is 11.8 Å². The summed E-state index contributed by atoms with van der Waals surface area (Å²) in [5.41, 5.74) is 1.72. The topological polar surface area (TPSA) is 77.5 Å². The van der Waals surface area contributed by atoms with Crippen molar-refractivity contribution in [3.8, 4) is 5.75 Å². The van der Waals surface area contributed by atoms with E-state index in [9.17, 15) is 23.1 Å². The molecule has 0 spiro atoms. The van der Waals surface area contributed by atoms with Gasteiger partial charge < -0.3 is 24.9 Å². The van der Waals surface area contributed by atoms with Crippen LogP contribution in [0.4, 0.5) is 24.7 Å². The summed E-state index contributed by atoms with van der Waals surface area (Å²) >= 11 is 0. The first-order chi connectivity index (χ1) is 15.7. The van der Waals surface area contributed by atoms with Gasteiger partial charge in [0.1, 0.15) is 18.0 Å². The maximum Gasteiger partial charge on any atom is 1.00 e. The van der Waals surface area contributed by atoms with Crippen molar-refractivity contribution >= 4 is 17.5 Å². The number of benzene rings is 2. The molecule has 3 aromatic rings. The van der Waals surface area contributed by atoms with Crippen LogP contribution in [0, 0.1) is 0 Å². The van der Waals surface area contributed by atoms with Gasteiger partial charge in [-0.15, -0.1) is 0 Å². The van der Waals surface area contributed by atoms with E-state index in [0.29, 0.717) is 31.3 Å². The van der Waals surface area contributed by atoms with Gasteiger partial charge >= 0.3 is 57.6 Å². The first kappa shape index (κ1) is 26.5. The van der Waals surface area contributed by atoms with Crippen LogP contribution in [0.3, 0.4) is 0 Å². The molecule has 1 atom stereocenters. The summed E-state index contributed by atoms with van der Waals surface area (Å²) in [6.07, 6.45) is -2.75. The second-order valence-corrected chi connectivity index (χ2v) is 7.75. The van der Waals surface area contributed by atoms with Crippen molar-refractivity contribution < 1.29 is 79.2 Å². The van der Waals surface area contributed by atoms with Crippen molar-refractivity contribution in [2.24, 2.45) is 0 Å². The van der Waals surface area contributed by atoms with Gasteiger partial charge in [-0.25, -0.2) is 4.98 Å². The molecule has 4 rings (SSSR count). The summed E-state index contributed by atoms with van der Waals surface area (Å²) < 4.78 is 44.4. The fourth-order valence-electron chi connectivity index (χ4n) is 3.72. The Hall–Kier alpha value is -2.11. The van der Waals surface area contributed by atoms with Gasteiger partial charge in [-0.05, 0) is 35.7 Å². The van der Waals surface area contributed by atoms with E-state index in [1.165, 1.54) is 24.3 Å². The molecule has 2 heterocycles. The molecule has 1 aromatic heterocycles. The molecule has 34 heavy (non-hydrogen) atoms. The largest absolute Gasteiger partial charge is 1.00 e. The number of carbonyl (C=O) groups excluding carboxylic acids is 1. The van der Waals surface area contributed by atoms with Crippen LogP contribution in [0.1, 0.15) is 40.0 Å². The quantitative estimate of drug-likeness (QED) is 0.515. The van der Waals surface area contributed by atoms with Crippen molar-refractivity contribution in [1.29, 1.82) is 0 Å². The van der Waals surface area contributed by atoms with E-state index >= 15 is 0 Å². The molecule has 0 fully saturated rings. The molecule has 0 amide bonds. The number of aromatic nitrogens is 1. The molecule has 1 aliphatic heterocycles. The SMILES string of the molecule is C[C@H](Nc1nccc2c1N(Cc1ccc(C(F)(F)F)cc1)CCO2)c1ccc(C(=O)[O-])cc1.[K+]. The number of aromatic carboxylic acids is 1. The number of pyridine rings is 1. The fourth-order valence-corrected chi connectivity index (χ4v) is 3.72. The fraction of sp³-hybridized carbons (Fsp3) is 0.250. The summed E-state index contributed by atoms with van der Waals surface area (Å²) in [6, 6.07) is 13.0. The predicted molar refractivity (Wildman–Crippen MR) is 115 cm³/mol. The summed E-state index contributed by atoms with van der Waals surface area (Å²) in [5, 5.41) is 14.3. The third kappa shape index (κ3) is 6.11. The first-order valence-corrected chi connectivity index (χ1v) is 10.3. The molecule has 172 valence electrons. The molecule has 0 saturated carbocycles. The van der Waals surface area contributed by atoms with Gasteiger partial charge in [-0.3, -0.25) is 0 Å². The average molecular weight is 496 g/mol. The molecule has 10 heteroatoms.